The number of hydrogen-bond acceptors (Lipinski definition) is 5. The zero-order chi connectivity index (χ0) is 19.7. The van der Waals surface area contributed by atoms with Crippen LogP contribution in [0.25, 0.3) is 6.08 Å². The quantitative estimate of drug-likeness (QED) is 0.823. The molecular weight excluding hydrogens is 344 g/mol. The van der Waals surface area contributed by atoms with Gasteiger partial charge in [0, 0.05) is 25.3 Å². The summed E-state index contributed by atoms with van der Waals surface area (Å²) in [6.45, 7) is 7.35. The molecule has 146 valence electrons. The van der Waals surface area contributed by atoms with Gasteiger partial charge < -0.3 is 19.6 Å². The van der Waals surface area contributed by atoms with E-state index < -0.39 is 12.2 Å². The van der Waals surface area contributed by atoms with E-state index in [4.69, 9.17) is 9.84 Å². The zero-order valence-corrected chi connectivity index (χ0v) is 16.3. The van der Waals surface area contributed by atoms with Gasteiger partial charge in [-0.05, 0) is 57.4 Å². The van der Waals surface area contributed by atoms with E-state index >= 15 is 0 Å². The lowest BCUT2D eigenvalue weighted by Crippen LogP contribution is -2.69. The summed E-state index contributed by atoms with van der Waals surface area (Å²) >= 11 is 0. The zero-order valence-electron chi connectivity index (χ0n) is 16.3. The molecule has 0 atom stereocenters. The third kappa shape index (κ3) is 4.16. The van der Waals surface area contributed by atoms with Crippen molar-refractivity contribution >= 4 is 23.6 Å². The first kappa shape index (κ1) is 19.4. The maximum Gasteiger partial charge on any atom is 0.410 e. The number of ketones is 1. The number of rotatable bonds is 4. The summed E-state index contributed by atoms with van der Waals surface area (Å²) in [7, 11) is 0. The lowest BCUT2D eigenvalue weighted by Gasteiger charge is -2.53. The van der Waals surface area contributed by atoms with Crippen LogP contribution in [0, 0.1) is 0 Å². The first-order chi connectivity index (χ1) is 12.7. The molecule has 1 aromatic carbocycles. The lowest BCUT2D eigenvalue weighted by atomic mass is 9.86. The van der Waals surface area contributed by atoms with Crippen LogP contribution in [0.15, 0.2) is 30.3 Å². The molecule has 2 saturated heterocycles. The fourth-order valence-corrected chi connectivity index (χ4v) is 3.87. The second-order valence-electron chi connectivity index (χ2n) is 8.33. The van der Waals surface area contributed by atoms with Gasteiger partial charge in [0.2, 0.25) is 0 Å². The predicted molar refractivity (Wildman–Crippen MR) is 105 cm³/mol. The van der Waals surface area contributed by atoms with E-state index in [1.54, 1.807) is 11.0 Å². The molecule has 2 heterocycles. The molecule has 2 aliphatic rings. The average molecular weight is 372 g/mol. The molecule has 1 spiro atoms. The highest BCUT2D eigenvalue weighted by molar-refractivity contribution is 5.95. The fraction of sp³-hybridized carbons (Fsp3) is 0.524. The number of carbonyl (C=O) groups excluding carboxylic acids is 2. The van der Waals surface area contributed by atoms with E-state index in [1.807, 2.05) is 45.0 Å². The summed E-state index contributed by atoms with van der Waals surface area (Å²) < 4.78 is 5.48. The molecule has 0 saturated carbocycles. The van der Waals surface area contributed by atoms with Crippen molar-refractivity contribution in [2.24, 2.45) is 0 Å². The maximum absolute atomic E-state index is 12.3. The van der Waals surface area contributed by atoms with Crippen LogP contribution < -0.4 is 4.90 Å². The van der Waals surface area contributed by atoms with Crippen LogP contribution in [-0.2, 0) is 9.53 Å². The normalized spacial score (nSPS) is 18.8. The second kappa shape index (κ2) is 7.35. The highest BCUT2D eigenvalue weighted by Gasteiger charge is 2.53. The first-order valence-electron chi connectivity index (χ1n) is 9.40. The molecule has 2 fully saturated rings. The van der Waals surface area contributed by atoms with E-state index in [0.29, 0.717) is 13.1 Å². The summed E-state index contributed by atoms with van der Waals surface area (Å²) in [6, 6.07) is 7.93. The molecule has 6 heteroatoms. The number of anilines is 1. The third-order valence-electron chi connectivity index (χ3n) is 5.05. The molecule has 0 bridgehead atoms. The van der Waals surface area contributed by atoms with E-state index in [9.17, 15) is 9.59 Å². The van der Waals surface area contributed by atoms with Gasteiger partial charge in [-0.25, -0.2) is 4.79 Å². The van der Waals surface area contributed by atoms with Gasteiger partial charge in [0.05, 0.1) is 5.54 Å². The summed E-state index contributed by atoms with van der Waals surface area (Å²) in [5.74, 6) is -0.319. The summed E-state index contributed by atoms with van der Waals surface area (Å²) in [5, 5.41) is 8.93. The van der Waals surface area contributed by atoms with Gasteiger partial charge in [0.1, 0.15) is 12.2 Å². The number of hydrogen-bond donors (Lipinski definition) is 1. The number of aliphatic hydroxyl groups excluding tert-OH is 1. The van der Waals surface area contributed by atoms with Crippen LogP contribution in [0.1, 0.15) is 39.2 Å². The van der Waals surface area contributed by atoms with Crippen molar-refractivity contribution in [2.45, 2.75) is 44.8 Å². The van der Waals surface area contributed by atoms with Crippen LogP contribution in [0.5, 0.6) is 0 Å². The monoisotopic (exact) mass is 372 g/mol. The van der Waals surface area contributed by atoms with Crippen molar-refractivity contribution in [2.75, 3.05) is 31.1 Å². The van der Waals surface area contributed by atoms with Crippen LogP contribution >= 0.6 is 0 Å². The number of benzene rings is 1. The standard InChI is InChI=1S/C21H28N2O4/c1-20(2,3)27-19(26)22-14-21(15-22)11-6-12-23(21)18-8-5-4-7-16(18)9-10-17(25)13-24/h4-5,7-10,24H,6,11-15H2,1-3H3/b10-9+. The first-order valence-corrected chi connectivity index (χ1v) is 9.40. The van der Waals surface area contributed by atoms with E-state index in [2.05, 4.69) is 4.90 Å². The van der Waals surface area contributed by atoms with Crippen molar-refractivity contribution < 1.29 is 19.4 Å². The molecule has 6 nitrogen and oxygen atoms in total. The van der Waals surface area contributed by atoms with Gasteiger partial charge in [0.15, 0.2) is 5.78 Å². The van der Waals surface area contributed by atoms with Gasteiger partial charge >= 0.3 is 6.09 Å². The van der Waals surface area contributed by atoms with Gasteiger partial charge in [-0.3, -0.25) is 4.79 Å². The molecular formula is C21H28N2O4. The predicted octanol–water partition coefficient (Wildman–Crippen LogP) is 2.85. The molecule has 0 unspecified atom stereocenters. The third-order valence-corrected chi connectivity index (χ3v) is 5.05. The Hall–Kier alpha value is -2.34. The number of likely N-dealkylation sites (tertiary alicyclic amines) is 1. The van der Waals surface area contributed by atoms with E-state index in [1.165, 1.54) is 6.08 Å². The van der Waals surface area contributed by atoms with Crippen LogP contribution in [0.3, 0.4) is 0 Å². The van der Waals surface area contributed by atoms with Crippen molar-refractivity contribution in [3.05, 3.63) is 35.9 Å². The van der Waals surface area contributed by atoms with Gasteiger partial charge in [0.25, 0.3) is 0 Å². The molecule has 3 rings (SSSR count). The summed E-state index contributed by atoms with van der Waals surface area (Å²) in [6.07, 6.45) is 5.00. The van der Waals surface area contributed by atoms with Crippen LogP contribution in [-0.4, -0.2) is 59.3 Å². The number of nitrogens with zero attached hydrogens (tertiary/aromatic N) is 2. The van der Waals surface area contributed by atoms with E-state index in [0.717, 1.165) is 30.6 Å². The molecule has 2 aliphatic heterocycles. The minimum absolute atomic E-state index is 0.0676. The topological polar surface area (TPSA) is 70.1 Å². The van der Waals surface area contributed by atoms with Gasteiger partial charge in [-0.1, -0.05) is 18.2 Å². The Balaban J connectivity index is 1.76. The molecule has 0 aliphatic carbocycles. The van der Waals surface area contributed by atoms with Gasteiger partial charge in [-0.15, -0.1) is 0 Å². The maximum atomic E-state index is 12.3. The number of carbonyl (C=O) groups is 2. The van der Waals surface area contributed by atoms with Gasteiger partial charge in [-0.2, -0.15) is 0 Å². The SMILES string of the molecule is CC(C)(C)OC(=O)N1CC2(CCCN2c2ccccc2/C=C/C(=O)CO)C1. The molecule has 1 amide bonds. The Morgan fingerprint density at radius 1 is 1.26 bits per heavy atom. The minimum atomic E-state index is -0.494. The number of para-hydroxylation sites is 1. The highest BCUT2D eigenvalue weighted by atomic mass is 16.6. The van der Waals surface area contributed by atoms with Crippen LogP contribution in [0.2, 0.25) is 0 Å². The second-order valence-corrected chi connectivity index (χ2v) is 8.33. The Bertz CT molecular complexity index is 745. The molecule has 27 heavy (non-hydrogen) atoms. The van der Waals surface area contributed by atoms with Crippen molar-refractivity contribution in [1.29, 1.82) is 0 Å². The van der Waals surface area contributed by atoms with Crippen molar-refractivity contribution in [3.63, 3.8) is 0 Å². The summed E-state index contributed by atoms with van der Waals surface area (Å²) in [5.41, 5.74) is 1.44. The molecule has 0 aromatic heterocycles. The number of ether oxygens (including phenoxy) is 1. The smallest absolute Gasteiger partial charge is 0.410 e. The van der Waals surface area contributed by atoms with Crippen molar-refractivity contribution in [1.82, 2.24) is 4.90 Å². The van der Waals surface area contributed by atoms with Crippen molar-refractivity contribution in [3.8, 4) is 0 Å². The van der Waals surface area contributed by atoms with Crippen LogP contribution in [0.4, 0.5) is 10.5 Å². The van der Waals surface area contributed by atoms with E-state index in [-0.39, 0.29) is 17.4 Å². The Morgan fingerprint density at radius 2 is 1.96 bits per heavy atom. The fourth-order valence-electron chi connectivity index (χ4n) is 3.87. The average Bonchev–Trinajstić information content (AvgIpc) is 3.01. The Morgan fingerprint density at radius 3 is 2.63 bits per heavy atom. The summed E-state index contributed by atoms with van der Waals surface area (Å²) in [4.78, 5) is 27.9. The largest absolute Gasteiger partial charge is 0.444 e. The number of amides is 1. The molecule has 1 aromatic rings. The molecule has 1 N–H and O–H groups in total. The Kier molecular flexibility index (Phi) is 5.29. The number of aliphatic hydroxyl groups is 1. The molecule has 0 radical (unpaired) electrons. The minimum Gasteiger partial charge on any atom is -0.444 e. The Labute approximate surface area is 160 Å². The highest BCUT2D eigenvalue weighted by Crippen LogP contribution is 2.42. The lowest BCUT2D eigenvalue weighted by molar-refractivity contribution is -0.117.